The Balaban J connectivity index is 1.45. The second kappa shape index (κ2) is 7.85. The van der Waals surface area contributed by atoms with Crippen molar-refractivity contribution in [3.05, 3.63) is 29.8 Å². The Bertz CT molecular complexity index is 701. The van der Waals surface area contributed by atoms with E-state index in [2.05, 4.69) is 5.32 Å². The molecule has 3 atom stereocenters. The molecule has 3 rings (SSSR count). The molecule has 0 radical (unpaired) electrons. The minimum atomic E-state index is -3.18. The molecule has 1 aromatic carbocycles. The standard InChI is InChI=1S/C18H25NO5S/c1-25(21,22)15-6-2-13(3-7-15)4-9-18(20)19-14-5-8-16-17(12-14)24-11-10-23-16/h2-3,6-7,14,16-17H,4-5,8-12H2,1H3,(H,19,20)/t14-,16+,17-/m1/s1. The first-order valence-electron chi connectivity index (χ1n) is 8.73. The van der Waals surface area contributed by atoms with Crippen LogP contribution in [0.2, 0.25) is 0 Å². The van der Waals surface area contributed by atoms with Gasteiger partial charge in [-0.05, 0) is 43.4 Å². The molecule has 0 spiro atoms. The number of nitrogens with one attached hydrogen (secondary N) is 1. The highest BCUT2D eigenvalue weighted by Crippen LogP contribution is 2.26. The molecule has 1 amide bonds. The molecule has 1 aromatic rings. The number of benzene rings is 1. The van der Waals surface area contributed by atoms with Gasteiger partial charge in [-0.25, -0.2) is 8.42 Å². The minimum absolute atomic E-state index is 0.0207. The summed E-state index contributed by atoms with van der Waals surface area (Å²) in [5, 5.41) is 3.09. The van der Waals surface area contributed by atoms with E-state index in [0.29, 0.717) is 31.0 Å². The maximum atomic E-state index is 12.2. The van der Waals surface area contributed by atoms with Crippen LogP contribution in [0.3, 0.4) is 0 Å². The normalized spacial score (nSPS) is 26.7. The monoisotopic (exact) mass is 367 g/mol. The van der Waals surface area contributed by atoms with Gasteiger partial charge in [0, 0.05) is 18.7 Å². The van der Waals surface area contributed by atoms with Gasteiger partial charge in [-0.2, -0.15) is 0 Å². The Morgan fingerprint density at radius 2 is 1.80 bits per heavy atom. The van der Waals surface area contributed by atoms with E-state index < -0.39 is 9.84 Å². The van der Waals surface area contributed by atoms with Gasteiger partial charge < -0.3 is 14.8 Å². The summed E-state index contributed by atoms with van der Waals surface area (Å²) in [4.78, 5) is 12.5. The average molecular weight is 367 g/mol. The van der Waals surface area contributed by atoms with E-state index in [1.807, 2.05) is 0 Å². The molecule has 1 aliphatic carbocycles. The van der Waals surface area contributed by atoms with Crippen molar-refractivity contribution in [3.63, 3.8) is 0 Å². The number of ether oxygens (including phenoxy) is 2. The van der Waals surface area contributed by atoms with Crippen molar-refractivity contribution in [3.8, 4) is 0 Å². The molecular weight excluding hydrogens is 342 g/mol. The zero-order valence-electron chi connectivity index (χ0n) is 14.4. The minimum Gasteiger partial charge on any atom is -0.373 e. The van der Waals surface area contributed by atoms with Gasteiger partial charge in [0.1, 0.15) is 0 Å². The predicted octanol–water partition coefficient (Wildman–Crippen LogP) is 1.48. The number of hydrogen-bond donors (Lipinski definition) is 1. The molecule has 0 unspecified atom stereocenters. The van der Waals surface area contributed by atoms with Crippen LogP contribution < -0.4 is 5.32 Å². The molecule has 2 fully saturated rings. The first-order chi connectivity index (χ1) is 11.9. The summed E-state index contributed by atoms with van der Waals surface area (Å²) in [5.41, 5.74) is 0.954. The maximum absolute atomic E-state index is 12.2. The van der Waals surface area contributed by atoms with Crippen LogP contribution in [0.15, 0.2) is 29.2 Å². The van der Waals surface area contributed by atoms with Gasteiger partial charge in [0.2, 0.25) is 5.91 Å². The van der Waals surface area contributed by atoms with Crippen LogP contribution >= 0.6 is 0 Å². The van der Waals surface area contributed by atoms with Crippen LogP contribution in [-0.4, -0.2) is 52.0 Å². The smallest absolute Gasteiger partial charge is 0.220 e. The largest absolute Gasteiger partial charge is 0.373 e. The van der Waals surface area contributed by atoms with Crippen LogP contribution in [0.5, 0.6) is 0 Å². The van der Waals surface area contributed by atoms with E-state index in [4.69, 9.17) is 9.47 Å². The Kier molecular flexibility index (Phi) is 5.76. The molecule has 0 aromatic heterocycles. The van der Waals surface area contributed by atoms with E-state index in [1.165, 1.54) is 6.26 Å². The summed E-state index contributed by atoms with van der Waals surface area (Å²) in [6.45, 7) is 1.29. The van der Waals surface area contributed by atoms with Crippen LogP contribution in [0.4, 0.5) is 0 Å². The third-order valence-corrected chi connectivity index (χ3v) is 5.96. The summed E-state index contributed by atoms with van der Waals surface area (Å²) >= 11 is 0. The van der Waals surface area contributed by atoms with Gasteiger partial charge in [0.15, 0.2) is 9.84 Å². The summed E-state index contributed by atoms with van der Waals surface area (Å²) in [6.07, 6.45) is 5.08. The fourth-order valence-electron chi connectivity index (χ4n) is 3.46. The molecule has 138 valence electrons. The van der Waals surface area contributed by atoms with Crippen molar-refractivity contribution in [1.82, 2.24) is 5.32 Å². The van der Waals surface area contributed by atoms with Crippen molar-refractivity contribution in [2.24, 2.45) is 0 Å². The number of carbonyl (C=O) groups is 1. The van der Waals surface area contributed by atoms with E-state index in [1.54, 1.807) is 24.3 Å². The lowest BCUT2D eigenvalue weighted by atomic mass is 9.89. The molecule has 1 heterocycles. The molecule has 7 heteroatoms. The summed E-state index contributed by atoms with van der Waals surface area (Å²) in [7, 11) is -3.18. The molecule has 1 aliphatic heterocycles. The lowest BCUT2D eigenvalue weighted by Gasteiger charge is -2.39. The highest BCUT2D eigenvalue weighted by molar-refractivity contribution is 7.90. The van der Waals surface area contributed by atoms with Gasteiger partial charge in [-0.3, -0.25) is 4.79 Å². The number of sulfone groups is 1. The molecule has 2 aliphatic rings. The summed E-state index contributed by atoms with van der Waals surface area (Å²) in [5.74, 6) is 0.0207. The van der Waals surface area contributed by atoms with E-state index in [9.17, 15) is 13.2 Å². The fraction of sp³-hybridized carbons (Fsp3) is 0.611. The Morgan fingerprint density at radius 3 is 2.48 bits per heavy atom. The van der Waals surface area contributed by atoms with Gasteiger partial charge in [0.25, 0.3) is 0 Å². The van der Waals surface area contributed by atoms with Gasteiger partial charge in [-0.1, -0.05) is 12.1 Å². The topological polar surface area (TPSA) is 81.7 Å². The molecule has 6 nitrogen and oxygen atoms in total. The average Bonchev–Trinajstić information content (AvgIpc) is 2.59. The third kappa shape index (κ3) is 5.03. The first-order valence-corrected chi connectivity index (χ1v) is 10.6. The molecule has 1 saturated carbocycles. The van der Waals surface area contributed by atoms with Crippen molar-refractivity contribution in [1.29, 1.82) is 0 Å². The van der Waals surface area contributed by atoms with E-state index >= 15 is 0 Å². The lowest BCUT2D eigenvalue weighted by molar-refractivity contribution is -0.158. The third-order valence-electron chi connectivity index (χ3n) is 4.84. The molecular formula is C18H25NO5S. The Hall–Kier alpha value is -1.44. The van der Waals surface area contributed by atoms with Gasteiger partial charge in [0.05, 0.1) is 30.3 Å². The van der Waals surface area contributed by atoms with Crippen LogP contribution in [0.25, 0.3) is 0 Å². The zero-order valence-corrected chi connectivity index (χ0v) is 15.3. The molecule has 1 N–H and O–H groups in total. The number of hydrogen-bond acceptors (Lipinski definition) is 5. The lowest BCUT2D eigenvalue weighted by Crippen LogP contribution is -2.49. The van der Waals surface area contributed by atoms with Gasteiger partial charge in [-0.15, -0.1) is 0 Å². The maximum Gasteiger partial charge on any atom is 0.220 e. The van der Waals surface area contributed by atoms with Gasteiger partial charge >= 0.3 is 0 Å². The number of carbonyl (C=O) groups excluding carboxylic acids is 1. The number of aryl methyl sites for hydroxylation is 1. The van der Waals surface area contributed by atoms with Crippen molar-refractivity contribution in [2.45, 2.75) is 55.2 Å². The number of amides is 1. The fourth-order valence-corrected chi connectivity index (χ4v) is 4.09. The summed E-state index contributed by atoms with van der Waals surface area (Å²) < 4.78 is 34.3. The molecule has 1 saturated heterocycles. The Labute approximate surface area is 148 Å². The predicted molar refractivity (Wildman–Crippen MR) is 93.1 cm³/mol. The second-order valence-corrected chi connectivity index (χ2v) is 8.83. The first kappa shape index (κ1) is 18.4. The van der Waals surface area contributed by atoms with Crippen LogP contribution in [0, 0.1) is 0 Å². The summed E-state index contributed by atoms with van der Waals surface area (Å²) in [6, 6.07) is 6.85. The van der Waals surface area contributed by atoms with E-state index in [-0.39, 0.29) is 24.2 Å². The van der Waals surface area contributed by atoms with Crippen molar-refractivity contribution < 1.29 is 22.7 Å². The Morgan fingerprint density at radius 1 is 1.12 bits per heavy atom. The SMILES string of the molecule is CS(=O)(=O)c1ccc(CCC(=O)N[C@@H]2CC[C@@H]3OCCO[C@@H]3C2)cc1. The quantitative estimate of drug-likeness (QED) is 0.852. The van der Waals surface area contributed by atoms with Crippen LogP contribution in [-0.2, 0) is 30.5 Å². The van der Waals surface area contributed by atoms with Crippen LogP contribution in [0.1, 0.15) is 31.2 Å². The van der Waals surface area contributed by atoms with E-state index in [0.717, 1.165) is 24.8 Å². The zero-order chi connectivity index (χ0) is 17.9. The highest BCUT2D eigenvalue weighted by Gasteiger charge is 2.34. The van der Waals surface area contributed by atoms with Crippen molar-refractivity contribution >= 4 is 15.7 Å². The molecule has 25 heavy (non-hydrogen) atoms. The highest BCUT2D eigenvalue weighted by atomic mass is 32.2. The van der Waals surface area contributed by atoms with Crippen molar-refractivity contribution in [2.75, 3.05) is 19.5 Å². The number of fused-ring (bicyclic) bond motifs is 1. The molecule has 0 bridgehead atoms. The number of rotatable bonds is 5. The second-order valence-electron chi connectivity index (χ2n) is 6.81.